The highest BCUT2D eigenvalue weighted by Crippen LogP contribution is 2.21. The number of ketones is 1. The smallest absolute Gasteiger partial charge is 0.253 e. The van der Waals surface area contributed by atoms with Crippen molar-refractivity contribution in [1.82, 2.24) is 5.32 Å². The van der Waals surface area contributed by atoms with Gasteiger partial charge in [-0.2, -0.15) is 0 Å². The zero-order valence-corrected chi connectivity index (χ0v) is 13.2. The molecule has 0 saturated carbocycles. The van der Waals surface area contributed by atoms with Crippen LogP contribution in [0.2, 0.25) is 5.02 Å². The number of nitrogens with one attached hydrogen (secondary N) is 2. The van der Waals surface area contributed by atoms with Crippen LogP contribution in [0.5, 0.6) is 0 Å². The normalized spacial score (nSPS) is 11.9. The molecule has 0 bridgehead atoms. The Bertz CT molecular complexity index is 570. The van der Waals surface area contributed by atoms with E-state index in [1.54, 1.807) is 6.07 Å². The molecule has 2 amide bonds. The van der Waals surface area contributed by atoms with E-state index in [-0.39, 0.29) is 28.2 Å². The molecule has 6 heteroatoms. The summed E-state index contributed by atoms with van der Waals surface area (Å²) in [4.78, 5) is 34.7. The van der Waals surface area contributed by atoms with E-state index in [4.69, 9.17) is 11.6 Å². The zero-order chi connectivity index (χ0) is 16.2. The summed E-state index contributed by atoms with van der Waals surface area (Å²) >= 11 is 6.05. The molecule has 0 spiro atoms. The van der Waals surface area contributed by atoms with Gasteiger partial charge in [-0.15, -0.1) is 0 Å². The Kier molecular flexibility index (Phi) is 5.90. The number of amides is 2. The number of benzene rings is 1. The highest BCUT2D eigenvalue weighted by Gasteiger charge is 2.22. The molecule has 21 heavy (non-hydrogen) atoms. The van der Waals surface area contributed by atoms with Crippen LogP contribution in [-0.4, -0.2) is 23.6 Å². The minimum absolute atomic E-state index is 0.0103. The van der Waals surface area contributed by atoms with E-state index in [1.165, 1.54) is 26.0 Å². The second-order valence-corrected chi connectivity index (χ2v) is 5.59. The summed E-state index contributed by atoms with van der Waals surface area (Å²) in [5, 5.41) is 5.47. The number of Topliss-reactive ketones (excluding diaryl/α,β-unsaturated/α-hetero) is 1. The number of hydrogen-bond donors (Lipinski definition) is 2. The fourth-order valence-electron chi connectivity index (χ4n) is 1.94. The van der Waals surface area contributed by atoms with Crippen LogP contribution in [-0.2, 0) is 9.59 Å². The van der Waals surface area contributed by atoms with Gasteiger partial charge in [0, 0.05) is 12.6 Å². The maximum absolute atomic E-state index is 12.2. The Morgan fingerprint density at radius 3 is 2.19 bits per heavy atom. The molecule has 1 aromatic carbocycles. The molecule has 0 aliphatic rings. The van der Waals surface area contributed by atoms with Crippen molar-refractivity contribution in [3.05, 3.63) is 28.8 Å². The summed E-state index contributed by atoms with van der Waals surface area (Å²) in [6, 6.07) is 4.04. The van der Waals surface area contributed by atoms with Crippen molar-refractivity contribution < 1.29 is 14.4 Å². The third kappa shape index (κ3) is 4.86. The number of carbonyl (C=O) groups excluding carboxylic acids is 3. The van der Waals surface area contributed by atoms with Gasteiger partial charge in [0.25, 0.3) is 5.91 Å². The van der Waals surface area contributed by atoms with Gasteiger partial charge < -0.3 is 10.6 Å². The molecule has 2 N–H and O–H groups in total. The largest absolute Gasteiger partial charge is 0.342 e. The van der Waals surface area contributed by atoms with Crippen LogP contribution >= 0.6 is 11.6 Å². The van der Waals surface area contributed by atoms with Crippen LogP contribution in [0.4, 0.5) is 5.69 Å². The van der Waals surface area contributed by atoms with Gasteiger partial charge in [0.05, 0.1) is 16.6 Å². The molecular weight excluding hydrogens is 292 g/mol. The Morgan fingerprint density at radius 2 is 1.76 bits per heavy atom. The average Bonchev–Trinajstić information content (AvgIpc) is 2.34. The van der Waals surface area contributed by atoms with Gasteiger partial charge in [0.15, 0.2) is 5.78 Å². The van der Waals surface area contributed by atoms with Gasteiger partial charge >= 0.3 is 0 Å². The maximum atomic E-state index is 12.2. The van der Waals surface area contributed by atoms with Gasteiger partial charge in [-0.25, -0.2) is 0 Å². The number of rotatable bonds is 5. The molecule has 5 nitrogen and oxygen atoms in total. The van der Waals surface area contributed by atoms with E-state index in [2.05, 4.69) is 10.6 Å². The van der Waals surface area contributed by atoms with Crippen molar-refractivity contribution in [1.29, 1.82) is 0 Å². The highest BCUT2D eigenvalue weighted by atomic mass is 35.5. The third-order valence-electron chi connectivity index (χ3n) is 2.93. The first kappa shape index (κ1) is 17.2. The first-order valence-corrected chi connectivity index (χ1v) is 6.98. The minimum atomic E-state index is -0.552. The SMILES string of the molecule is CC(=O)Nc1ccc(C(=O)N[C@H](C(C)=O)C(C)C)c(Cl)c1. The van der Waals surface area contributed by atoms with Crippen LogP contribution in [0.25, 0.3) is 0 Å². The molecular formula is C15H19ClN2O3. The van der Waals surface area contributed by atoms with E-state index in [9.17, 15) is 14.4 Å². The second-order valence-electron chi connectivity index (χ2n) is 5.18. The van der Waals surface area contributed by atoms with E-state index >= 15 is 0 Å². The van der Waals surface area contributed by atoms with Crippen molar-refractivity contribution in [3.63, 3.8) is 0 Å². The summed E-state index contributed by atoms with van der Waals surface area (Å²) < 4.78 is 0. The summed E-state index contributed by atoms with van der Waals surface area (Å²) in [5.74, 6) is -0.754. The van der Waals surface area contributed by atoms with Crippen LogP contribution in [0.15, 0.2) is 18.2 Å². The molecule has 0 aromatic heterocycles. The summed E-state index contributed by atoms with van der Waals surface area (Å²) in [5.41, 5.74) is 0.772. The van der Waals surface area contributed by atoms with Crippen LogP contribution in [0.3, 0.4) is 0 Å². The van der Waals surface area contributed by atoms with Crippen LogP contribution < -0.4 is 10.6 Å². The van der Waals surface area contributed by atoms with Gasteiger partial charge in [-0.1, -0.05) is 25.4 Å². The van der Waals surface area contributed by atoms with E-state index in [0.29, 0.717) is 5.69 Å². The lowest BCUT2D eigenvalue weighted by atomic mass is 10.0. The lowest BCUT2D eigenvalue weighted by molar-refractivity contribution is -0.119. The fraction of sp³-hybridized carbons (Fsp3) is 0.400. The molecule has 0 aliphatic heterocycles. The molecule has 114 valence electrons. The lowest BCUT2D eigenvalue weighted by Gasteiger charge is -2.20. The number of carbonyl (C=O) groups is 3. The highest BCUT2D eigenvalue weighted by molar-refractivity contribution is 6.34. The summed E-state index contributed by atoms with van der Waals surface area (Å²) in [6.07, 6.45) is 0. The molecule has 0 fully saturated rings. The number of halogens is 1. The van der Waals surface area contributed by atoms with Crippen molar-refractivity contribution in [3.8, 4) is 0 Å². The molecule has 0 heterocycles. The van der Waals surface area contributed by atoms with Gasteiger partial charge in [0.2, 0.25) is 5.91 Å². The minimum Gasteiger partial charge on any atom is -0.342 e. The van der Waals surface area contributed by atoms with Gasteiger partial charge in [-0.3, -0.25) is 14.4 Å². The molecule has 1 aromatic rings. The zero-order valence-electron chi connectivity index (χ0n) is 12.5. The molecule has 0 radical (unpaired) electrons. The maximum Gasteiger partial charge on any atom is 0.253 e. The van der Waals surface area contributed by atoms with E-state index in [1.807, 2.05) is 13.8 Å². The molecule has 1 rings (SSSR count). The Morgan fingerprint density at radius 1 is 1.14 bits per heavy atom. The topological polar surface area (TPSA) is 75.3 Å². The first-order valence-electron chi connectivity index (χ1n) is 6.60. The van der Waals surface area contributed by atoms with Crippen molar-refractivity contribution in [2.75, 3.05) is 5.32 Å². The second kappa shape index (κ2) is 7.22. The predicted molar refractivity (Wildman–Crippen MR) is 82.5 cm³/mol. The quantitative estimate of drug-likeness (QED) is 0.878. The van der Waals surface area contributed by atoms with Crippen molar-refractivity contribution in [2.45, 2.75) is 33.7 Å². The predicted octanol–water partition coefficient (Wildman–Crippen LogP) is 2.64. The van der Waals surface area contributed by atoms with Crippen LogP contribution in [0.1, 0.15) is 38.1 Å². The number of hydrogen-bond acceptors (Lipinski definition) is 3. The number of anilines is 1. The first-order chi connectivity index (χ1) is 9.72. The van der Waals surface area contributed by atoms with Gasteiger partial charge in [-0.05, 0) is 31.0 Å². The molecule has 0 unspecified atom stereocenters. The van der Waals surface area contributed by atoms with Crippen molar-refractivity contribution >= 4 is 34.9 Å². The molecule has 0 aliphatic carbocycles. The fourth-order valence-corrected chi connectivity index (χ4v) is 2.20. The Balaban J connectivity index is 2.92. The third-order valence-corrected chi connectivity index (χ3v) is 3.24. The summed E-state index contributed by atoms with van der Waals surface area (Å²) in [7, 11) is 0. The summed E-state index contributed by atoms with van der Waals surface area (Å²) in [6.45, 7) is 6.53. The van der Waals surface area contributed by atoms with Crippen molar-refractivity contribution in [2.24, 2.45) is 5.92 Å². The Labute approximate surface area is 129 Å². The molecule has 0 saturated heterocycles. The van der Waals surface area contributed by atoms with E-state index < -0.39 is 11.9 Å². The monoisotopic (exact) mass is 310 g/mol. The lowest BCUT2D eigenvalue weighted by Crippen LogP contribution is -2.43. The molecule has 1 atom stereocenters. The Hall–Kier alpha value is -1.88. The standard InChI is InChI=1S/C15H19ClN2O3/c1-8(2)14(9(3)19)18-15(21)12-6-5-11(7-13(12)16)17-10(4)20/h5-8,14H,1-4H3,(H,17,20)(H,18,21)/t14-/m0/s1. The van der Waals surface area contributed by atoms with E-state index in [0.717, 1.165) is 0 Å². The average molecular weight is 311 g/mol. The van der Waals surface area contributed by atoms with Crippen LogP contribution in [0, 0.1) is 5.92 Å². The van der Waals surface area contributed by atoms with Gasteiger partial charge in [0.1, 0.15) is 0 Å².